The van der Waals surface area contributed by atoms with Crippen molar-refractivity contribution >= 4 is 50.7 Å². The topological polar surface area (TPSA) is 83.0 Å². The normalized spacial score (nSPS) is 16.9. The van der Waals surface area contributed by atoms with Gasteiger partial charge in [-0.15, -0.1) is 0 Å². The van der Waals surface area contributed by atoms with Gasteiger partial charge in [0.25, 0.3) is 5.91 Å². The Hall–Kier alpha value is -3.65. The highest BCUT2D eigenvalue weighted by Crippen LogP contribution is 2.31. The molecule has 0 spiro atoms. The molecule has 8 heteroatoms. The molecule has 0 bridgehead atoms. The van der Waals surface area contributed by atoms with Gasteiger partial charge in [-0.25, -0.2) is 0 Å². The molecule has 0 atom stereocenters. The van der Waals surface area contributed by atoms with E-state index < -0.39 is 5.91 Å². The van der Waals surface area contributed by atoms with Crippen molar-refractivity contribution in [2.24, 2.45) is 10.1 Å². The summed E-state index contributed by atoms with van der Waals surface area (Å²) >= 11 is 1.37. The number of rotatable bonds is 7. The molecular weight excluding hydrogens is 434 g/mol. The number of para-hydroxylation sites is 2. The molecule has 0 radical (unpaired) electrons. The zero-order chi connectivity index (χ0) is 22.8. The predicted molar refractivity (Wildman–Crippen MR) is 134 cm³/mol. The van der Waals surface area contributed by atoms with Crippen LogP contribution in [0.1, 0.15) is 25.3 Å². The molecule has 1 amide bonds. The molecule has 1 N–H and O–H groups in total. The van der Waals surface area contributed by atoms with Gasteiger partial charge < -0.3 is 9.30 Å². The molecule has 0 saturated heterocycles. The number of amidine groups is 2. The van der Waals surface area contributed by atoms with Gasteiger partial charge in [-0.3, -0.25) is 10.2 Å². The SMILES string of the molecule is CCCC1=NN2C(=N)/C(=C/c3cn(CCOc4ccccc4)c4ccccc34)C(=O)N=C2S1. The van der Waals surface area contributed by atoms with E-state index in [4.69, 9.17) is 10.1 Å². The number of hydrazone groups is 1. The Morgan fingerprint density at radius 3 is 2.73 bits per heavy atom. The number of hydrogen-bond acceptors (Lipinski definition) is 5. The average Bonchev–Trinajstić information content (AvgIpc) is 3.39. The molecule has 2 aliphatic heterocycles. The van der Waals surface area contributed by atoms with Crippen LogP contribution in [-0.2, 0) is 11.3 Å². The Morgan fingerprint density at radius 2 is 1.91 bits per heavy atom. The molecule has 2 aromatic carbocycles. The number of fused-ring (bicyclic) bond motifs is 2. The molecule has 3 heterocycles. The van der Waals surface area contributed by atoms with Crippen LogP contribution in [0, 0.1) is 5.41 Å². The second-order valence-corrected chi connectivity index (χ2v) is 8.76. The van der Waals surface area contributed by atoms with Crippen molar-refractivity contribution in [3.63, 3.8) is 0 Å². The number of carbonyl (C=O) groups excluding carboxylic acids is 1. The van der Waals surface area contributed by atoms with Crippen molar-refractivity contribution in [3.8, 4) is 5.75 Å². The van der Waals surface area contributed by atoms with Crippen molar-refractivity contribution < 1.29 is 9.53 Å². The summed E-state index contributed by atoms with van der Waals surface area (Å²) in [7, 11) is 0. The van der Waals surface area contributed by atoms with Gasteiger partial charge in [-0.1, -0.05) is 43.3 Å². The number of nitrogens with one attached hydrogen (secondary N) is 1. The van der Waals surface area contributed by atoms with Gasteiger partial charge in [0.05, 0.1) is 12.1 Å². The third-order valence-electron chi connectivity index (χ3n) is 5.42. The summed E-state index contributed by atoms with van der Waals surface area (Å²) in [5.41, 5.74) is 2.14. The second-order valence-electron chi connectivity index (χ2n) is 7.72. The smallest absolute Gasteiger partial charge is 0.283 e. The summed E-state index contributed by atoms with van der Waals surface area (Å²) in [5, 5.41) is 16.9. The fraction of sp³-hybridized carbons (Fsp3) is 0.200. The van der Waals surface area contributed by atoms with Crippen molar-refractivity contribution in [3.05, 3.63) is 71.9 Å². The third kappa shape index (κ3) is 4.21. The molecule has 2 aliphatic rings. The Morgan fingerprint density at radius 1 is 1.12 bits per heavy atom. The molecule has 0 fully saturated rings. The monoisotopic (exact) mass is 457 g/mol. The number of benzene rings is 2. The van der Waals surface area contributed by atoms with E-state index in [0.717, 1.165) is 40.1 Å². The fourth-order valence-electron chi connectivity index (χ4n) is 3.86. The van der Waals surface area contributed by atoms with Gasteiger partial charge in [0.15, 0.2) is 5.84 Å². The number of hydrogen-bond donors (Lipinski definition) is 1. The molecule has 3 aromatic rings. The van der Waals surface area contributed by atoms with Gasteiger partial charge in [0.2, 0.25) is 5.17 Å². The maximum atomic E-state index is 12.8. The van der Waals surface area contributed by atoms with Crippen LogP contribution in [0.4, 0.5) is 0 Å². The number of carbonyl (C=O) groups is 1. The zero-order valence-corrected chi connectivity index (χ0v) is 19.0. The first-order chi connectivity index (χ1) is 16.1. The Kier molecular flexibility index (Phi) is 5.83. The van der Waals surface area contributed by atoms with Crippen LogP contribution in [0.5, 0.6) is 5.75 Å². The summed E-state index contributed by atoms with van der Waals surface area (Å²) in [6, 6.07) is 17.7. The minimum atomic E-state index is -0.407. The first kappa shape index (κ1) is 21.2. The Bertz CT molecular complexity index is 1320. The van der Waals surface area contributed by atoms with Crippen molar-refractivity contribution in [1.82, 2.24) is 9.58 Å². The maximum Gasteiger partial charge on any atom is 0.283 e. The van der Waals surface area contributed by atoms with Crippen molar-refractivity contribution in [2.45, 2.75) is 26.3 Å². The number of nitrogens with zero attached hydrogens (tertiary/aromatic N) is 4. The predicted octanol–water partition coefficient (Wildman–Crippen LogP) is 5.14. The summed E-state index contributed by atoms with van der Waals surface area (Å²) in [5.74, 6) is 0.487. The quantitative estimate of drug-likeness (QED) is 0.498. The van der Waals surface area contributed by atoms with E-state index in [1.807, 2.05) is 60.8 Å². The van der Waals surface area contributed by atoms with Gasteiger partial charge in [0.1, 0.15) is 17.4 Å². The molecule has 166 valence electrons. The van der Waals surface area contributed by atoms with Gasteiger partial charge >= 0.3 is 0 Å². The molecular formula is C25H23N5O2S. The van der Waals surface area contributed by atoms with Crippen LogP contribution >= 0.6 is 11.8 Å². The molecule has 5 rings (SSSR count). The number of ether oxygens (including phenoxy) is 1. The lowest BCUT2D eigenvalue weighted by molar-refractivity contribution is -0.114. The molecule has 0 aliphatic carbocycles. The summed E-state index contributed by atoms with van der Waals surface area (Å²) < 4.78 is 7.97. The van der Waals surface area contributed by atoms with Gasteiger partial charge in [-0.2, -0.15) is 15.1 Å². The lowest BCUT2D eigenvalue weighted by Gasteiger charge is -2.20. The van der Waals surface area contributed by atoms with E-state index in [-0.39, 0.29) is 11.4 Å². The highest BCUT2D eigenvalue weighted by molar-refractivity contribution is 8.26. The first-order valence-corrected chi connectivity index (χ1v) is 11.7. The van der Waals surface area contributed by atoms with Crippen LogP contribution < -0.4 is 4.74 Å². The zero-order valence-electron chi connectivity index (χ0n) is 18.2. The Labute approximate surface area is 196 Å². The molecule has 0 unspecified atom stereocenters. The number of thioether (sulfide) groups is 1. The van der Waals surface area contributed by atoms with E-state index in [1.54, 1.807) is 6.08 Å². The van der Waals surface area contributed by atoms with Crippen molar-refractivity contribution in [2.75, 3.05) is 6.61 Å². The van der Waals surface area contributed by atoms with Crippen LogP contribution in [0.25, 0.3) is 17.0 Å². The van der Waals surface area contributed by atoms with Crippen LogP contribution in [0.3, 0.4) is 0 Å². The molecule has 7 nitrogen and oxygen atoms in total. The summed E-state index contributed by atoms with van der Waals surface area (Å²) in [6.45, 7) is 3.24. The molecule has 0 saturated carbocycles. The summed E-state index contributed by atoms with van der Waals surface area (Å²) in [6.07, 6.45) is 5.50. The summed E-state index contributed by atoms with van der Waals surface area (Å²) in [4.78, 5) is 17.0. The third-order valence-corrected chi connectivity index (χ3v) is 6.39. The Balaban J connectivity index is 1.43. The van der Waals surface area contributed by atoms with Gasteiger partial charge in [-0.05, 0) is 48.9 Å². The number of aliphatic imine (C=N–C) groups is 1. The maximum absolute atomic E-state index is 12.8. The number of aromatic nitrogens is 1. The average molecular weight is 458 g/mol. The van der Waals surface area contributed by atoms with E-state index in [9.17, 15) is 4.79 Å². The van der Waals surface area contributed by atoms with E-state index in [0.29, 0.717) is 18.3 Å². The fourth-order valence-corrected chi connectivity index (χ4v) is 4.84. The molecule has 33 heavy (non-hydrogen) atoms. The first-order valence-electron chi connectivity index (χ1n) is 10.9. The van der Waals surface area contributed by atoms with E-state index in [1.165, 1.54) is 16.8 Å². The van der Waals surface area contributed by atoms with Crippen molar-refractivity contribution in [1.29, 1.82) is 5.41 Å². The van der Waals surface area contributed by atoms with E-state index >= 15 is 0 Å². The highest BCUT2D eigenvalue weighted by atomic mass is 32.2. The van der Waals surface area contributed by atoms with E-state index in [2.05, 4.69) is 21.6 Å². The van der Waals surface area contributed by atoms with Crippen LogP contribution in [-0.4, -0.2) is 38.1 Å². The number of amides is 1. The standard InChI is InChI=1S/C25H23N5O2S/c1-2-8-22-28-30-23(26)20(24(31)27-25(30)33-22)15-17-16-29(21-12-7-6-11-19(17)21)13-14-32-18-9-4-3-5-10-18/h3-7,9-12,15-16,26H,2,8,13-14H2,1H3/b20-15-,26-23?. The minimum absolute atomic E-state index is 0.0628. The second kappa shape index (κ2) is 9.07. The molecule has 1 aromatic heterocycles. The van der Waals surface area contributed by atoms with Crippen LogP contribution in [0.15, 0.2) is 76.5 Å². The highest BCUT2D eigenvalue weighted by Gasteiger charge is 2.35. The lowest BCUT2D eigenvalue weighted by Crippen LogP contribution is -2.35. The largest absolute Gasteiger partial charge is 0.492 e. The van der Waals surface area contributed by atoms with Crippen LogP contribution in [0.2, 0.25) is 0 Å². The van der Waals surface area contributed by atoms with Gasteiger partial charge in [0, 0.05) is 22.7 Å². The minimum Gasteiger partial charge on any atom is -0.492 e. The lowest BCUT2D eigenvalue weighted by atomic mass is 10.1.